The van der Waals surface area contributed by atoms with Gasteiger partial charge in [0.1, 0.15) is 0 Å². The van der Waals surface area contributed by atoms with E-state index in [2.05, 4.69) is 16.3 Å². The Bertz CT molecular complexity index is 382. The molecule has 0 aliphatic carbocycles. The molecule has 0 amide bonds. The summed E-state index contributed by atoms with van der Waals surface area (Å²) in [5, 5.41) is 0. The van der Waals surface area contributed by atoms with Crippen LogP contribution < -0.4 is 5.73 Å². The topological polar surface area (TPSA) is 89.6 Å². The van der Waals surface area contributed by atoms with Gasteiger partial charge in [0.2, 0.25) is 0 Å². The summed E-state index contributed by atoms with van der Waals surface area (Å²) >= 11 is 0. The van der Waals surface area contributed by atoms with Gasteiger partial charge in [-0.05, 0) is 45.1 Å². The van der Waals surface area contributed by atoms with Crippen LogP contribution in [0, 0.1) is 0 Å². The highest BCUT2D eigenvalue weighted by Gasteiger charge is 2.02. The Balaban J connectivity index is 3.13. The van der Waals surface area contributed by atoms with Gasteiger partial charge in [-0.1, -0.05) is 63.5 Å². The van der Waals surface area contributed by atoms with Crippen molar-refractivity contribution in [3.63, 3.8) is 0 Å². The molecule has 5 nitrogen and oxygen atoms in total. The maximum atomic E-state index is 10.3. The first-order valence-electron chi connectivity index (χ1n) is 9.53. The molecule has 0 aromatic carbocycles. The van der Waals surface area contributed by atoms with Gasteiger partial charge >= 0.3 is 10.4 Å². The number of hydrogen-bond donors (Lipinski definition) is 2. The fourth-order valence-corrected chi connectivity index (χ4v) is 2.91. The largest absolute Gasteiger partial charge is 0.397 e. The molecule has 0 radical (unpaired) electrons. The van der Waals surface area contributed by atoms with Gasteiger partial charge in [-0.2, -0.15) is 8.42 Å². The van der Waals surface area contributed by atoms with Crippen molar-refractivity contribution in [3.05, 3.63) is 12.2 Å². The molecule has 0 saturated carbocycles. The first-order valence-corrected chi connectivity index (χ1v) is 10.9. The van der Waals surface area contributed by atoms with Crippen molar-refractivity contribution < 1.29 is 17.2 Å². The molecular formula is C18H37NO4S. The summed E-state index contributed by atoms with van der Waals surface area (Å²) in [6.45, 7) is 0.903. The molecule has 0 spiro atoms. The quantitative estimate of drug-likeness (QED) is 0.208. The molecule has 144 valence electrons. The average molecular weight is 364 g/mol. The second kappa shape index (κ2) is 17.4. The van der Waals surface area contributed by atoms with Crippen molar-refractivity contribution in [2.45, 2.75) is 89.9 Å². The van der Waals surface area contributed by atoms with Crippen LogP contribution in [0.2, 0.25) is 0 Å². The Kier molecular flexibility index (Phi) is 17.1. The lowest BCUT2D eigenvalue weighted by Crippen LogP contribution is -2.04. The summed E-state index contributed by atoms with van der Waals surface area (Å²) in [6.07, 6.45) is 21.0. The van der Waals surface area contributed by atoms with Crippen molar-refractivity contribution in [3.8, 4) is 0 Å². The molecule has 0 bridgehead atoms. The van der Waals surface area contributed by atoms with Crippen LogP contribution in [0.15, 0.2) is 12.2 Å². The molecule has 0 fully saturated rings. The van der Waals surface area contributed by atoms with Gasteiger partial charge in [-0.15, -0.1) is 0 Å². The Morgan fingerprint density at radius 2 is 1.12 bits per heavy atom. The maximum absolute atomic E-state index is 10.3. The van der Waals surface area contributed by atoms with Crippen LogP contribution in [0.4, 0.5) is 0 Å². The van der Waals surface area contributed by atoms with Crippen LogP contribution in [0.1, 0.15) is 89.9 Å². The van der Waals surface area contributed by atoms with Crippen LogP contribution in [-0.2, 0) is 14.6 Å². The summed E-state index contributed by atoms with van der Waals surface area (Å²) < 4.78 is 33.3. The van der Waals surface area contributed by atoms with E-state index in [9.17, 15) is 8.42 Å². The highest BCUT2D eigenvalue weighted by Crippen LogP contribution is 2.10. The third kappa shape index (κ3) is 21.6. The van der Waals surface area contributed by atoms with E-state index in [1.165, 1.54) is 57.8 Å². The van der Waals surface area contributed by atoms with E-state index in [-0.39, 0.29) is 6.61 Å². The molecule has 0 saturated heterocycles. The van der Waals surface area contributed by atoms with Gasteiger partial charge in [0, 0.05) is 0 Å². The third-order valence-electron chi connectivity index (χ3n) is 3.99. The highest BCUT2D eigenvalue weighted by atomic mass is 32.3. The summed E-state index contributed by atoms with van der Waals surface area (Å²) in [5.74, 6) is 0. The molecule has 0 aliphatic heterocycles. The van der Waals surface area contributed by atoms with Gasteiger partial charge in [0.15, 0.2) is 0 Å². The van der Waals surface area contributed by atoms with E-state index in [4.69, 9.17) is 10.3 Å². The van der Waals surface area contributed by atoms with E-state index < -0.39 is 10.4 Å². The SMILES string of the molecule is NCCCCCCCCC=CCCCCCCCCOS(=O)(=O)O. The van der Waals surface area contributed by atoms with E-state index in [0.717, 1.165) is 32.2 Å². The van der Waals surface area contributed by atoms with Gasteiger partial charge in [-0.25, -0.2) is 4.18 Å². The zero-order valence-electron chi connectivity index (χ0n) is 15.1. The molecule has 0 aromatic rings. The fourth-order valence-electron chi connectivity index (χ4n) is 2.58. The summed E-state index contributed by atoms with van der Waals surface area (Å²) in [5.41, 5.74) is 5.47. The number of nitrogens with two attached hydrogens (primary N) is 1. The van der Waals surface area contributed by atoms with Gasteiger partial charge in [0.05, 0.1) is 6.61 Å². The molecule has 3 N–H and O–H groups in total. The molecule has 0 aromatic heterocycles. The van der Waals surface area contributed by atoms with Crippen molar-refractivity contribution in [1.29, 1.82) is 0 Å². The Morgan fingerprint density at radius 1 is 0.708 bits per heavy atom. The fraction of sp³-hybridized carbons (Fsp3) is 0.889. The minimum Gasteiger partial charge on any atom is -0.330 e. The van der Waals surface area contributed by atoms with Crippen molar-refractivity contribution in [2.24, 2.45) is 5.73 Å². The summed E-state index contributed by atoms with van der Waals surface area (Å²) in [7, 11) is -4.26. The first-order chi connectivity index (χ1) is 11.6. The predicted octanol–water partition coefficient (Wildman–Crippen LogP) is 4.78. The third-order valence-corrected chi connectivity index (χ3v) is 4.45. The van der Waals surface area contributed by atoms with Gasteiger partial charge in [0.25, 0.3) is 0 Å². The second-order valence-corrected chi connectivity index (χ2v) is 7.42. The number of rotatable bonds is 18. The van der Waals surface area contributed by atoms with Gasteiger partial charge in [-0.3, -0.25) is 4.55 Å². The van der Waals surface area contributed by atoms with Crippen LogP contribution >= 0.6 is 0 Å². The van der Waals surface area contributed by atoms with E-state index in [1.807, 2.05) is 0 Å². The van der Waals surface area contributed by atoms with Crippen LogP contribution in [0.25, 0.3) is 0 Å². The van der Waals surface area contributed by atoms with Crippen LogP contribution in [0.3, 0.4) is 0 Å². The normalized spacial score (nSPS) is 12.2. The molecule has 24 heavy (non-hydrogen) atoms. The lowest BCUT2D eigenvalue weighted by atomic mass is 10.1. The Labute approximate surface area is 149 Å². The zero-order valence-corrected chi connectivity index (χ0v) is 15.9. The average Bonchev–Trinajstić information content (AvgIpc) is 2.52. The zero-order chi connectivity index (χ0) is 17.9. The van der Waals surface area contributed by atoms with Crippen LogP contribution in [-0.4, -0.2) is 26.1 Å². The minimum absolute atomic E-state index is 0.0780. The highest BCUT2D eigenvalue weighted by molar-refractivity contribution is 7.80. The molecule has 0 rings (SSSR count). The Hall–Kier alpha value is -0.430. The Morgan fingerprint density at radius 3 is 1.58 bits per heavy atom. The lowest BCUT2D eigenvalue weighted by Gasteiger charge is -2.01. The predicted molar refractivity (Wildman–Crippen MR) is 100 cm³/mol. The lowest BCUT2D eigenvalue weighted by molar-refractivity contribution is 0.261. The van der Waals surface area contributed by atoms with Gasteiger partial charge < -0.3 is 5.73 Å². The molecule has 0 heterocycles. The first kappa shape index (κ1) is 23.6. The molecule has 0 aliphatic rings. The molecule has 6 heteroatoms. The van der Waals surface area contributed by atoms with Crippen molar-refractivity contribution in [2.75, 3.05) is 13.2 Å². The van der Waals surface area contributed by atoms with E-state index in [0.29, 0.717) is 6.42 Å². The van der Waals surface area contributed by atoms with Crippen molar-refractivity contribution in [1.82, 2.24) is 0 Å². The molecule has 0 atom stereocenters. The summed E-state index contributed by atoms with van der Waals surface area (Å²) in [4.78, 5) is 0. The molecule has 0 unspecified atom stereocenters. The number of unbranched alkanes of at least 4 members (excludes halogenated alkanes) is 12. The van der Waals surface area contributed by atoms with Crippen molar-refractivity contribution >= 4 is 10.4 Å². The second-order valence-electron chi connectivity index (χ2n) is 6.33. The standard InChI is InChI=1S/C18H37NO4S/c19-17-15-13-11-9-7-5-3-1-2-4-6-8-10-12-14-16-18-23-24(20,21)22/h1-2H,3-19H2,(H,20,21,22). The van der Waals surface area contributed by atoms with E-state index in [1.54, 1.807) is 0 Å². The van der Waals surface area contributed by atoms with Crippen LogP contribution in [0.5, 0.6) is 0 Å². The minimum atomic E-state index is -4.26. The smallest absolute Gasteiger partial charge is 0.330 e. The molecular weight excluding hydrogens is 326 g/mol. The number of hydrogen-bond acceptors (Lipinski definition) is 4. The van der Waals surface area contributed by atoms with E-state index >= 15 is 0 Å². The monoisotopic (exact) mass is 363 g/mol. The number of allylic oxidation sites excluding steroid dienone is 2. The maximum Gasteiger partial charge on any atom is 0.397 e. The summed E-state index contributed by atoms with van der Waals surface area (Å²) in [6, 6.07) is 0.